The van der Waals surface area contributed by atoms with Crippen LogP contribution in [0.25, 0.3) is 6.08 Å². The number of nitrogens with one attached hydrogen (secondary N) is 3. The Labute approximate surface area is 413 Å². The summed E-state index contributed by atoms with van der Waals surface area (Å²) in [5, 5.41) is 17.1. The molecule has 1 fully saturated rings. The van der Waals surface area contributed by atoms with Crippen LogP contribution >= 0.6 is 15.9 Å². The molecule has 5 aromatic carbocycles. The Bertz CT molecular complexity index is 2330. The first kappa shape index (κ1) is 56.6. The van der Waals surface area contributed by atoms with Crippen LogP contribution < -0.4 is 16.0 Å². The standard InChI is InChI=1S/C14H19FN2O.C11H12O2.C11H12O.C9H10O.C8H9Br.C5H11N/c1-2-10-4-3-5-12-11(10)6-7-13(12)17-14(18)16-9-8-15;1-2-9-5-3-4-6-10(9)7-8-11(12)13;1-2-8-4-3-5-10-9(8)6-7-11(10)12;1-2-8-5-3-4-6-9(8)7-10;1-2-7-5-3-4-6-8(7)9;1-2-4-6-5-3-1/h3-5,13H,2,6-9H2,1H3,(H2,16,17,18);3-8H,2H2,1H3,(H,12,13);3-5H,2,6-7H2,1H3;3-7H,2H2,1H3;3-6H,2H2,1H3;6H,1-5H2/b;8-7+;;;;. The van der Waals surface area contributed by atoms with Crippen molar-refractivity contribution in [1.29, 1.82) is 0 Å². The van der Waals surface area contributed by atoms with Gasteiger partial charge in [0.15, 0.2) is 5.78 Å². The van der Waals surface area contributed by atoms with Gasteiger partial charge in [0.1, 0.15) is 13.0 Å². The van der Waals surface area contributed by atoms with Gasteiger partial charge in [-0.25, -0.2) is 14.0 Å². The number of urea groups is 1. The quantitative estimate of drug-likeness (QED) is 0.0772. The molecule has 10 heteroatoms. The second-order valence-electron chi connectivity index (χ2n) is 16.4. The van der Waals surface area contributed by atoms with Gasteiger partial charge in [-0.3, -0.25) is 9.59 Å². The molecule has 8 rings (SSSR count). The fourth-order valence-corrected chi connectivity index (χ4v) is 8.78. The van der Waals surface area contributed by atoms with Crippen molar-refractivity contribution < 1.29 is 28.7 Å². The number of carbonyl (C=O) groups excluding carboxylic acids is 3. The van der Waals surface area contributed by atoms with E-state index in [-0.39, 0.29) is 18.6 Å². The number of carboxylic acid groups (broad SMARTS) is 1. The minimum atomic E-state index is -0.911. The Hall–Kier alpha value is -5.71. The Kier molecular flexibility index (Phi) is 27.4. The molecule has 8 nitrogen and oxygen atoms in total. The molecule has 0 spiro atoms. The summed E-state index contributed by atoms with van der Waals surface area (Å²) in [6.07, 6.45) is 16.5. The van der Waals surface area contributed by atoms with Gasteiger partial charge in [0.25, 0.3) is 0 Å². The maximum Gasteiger partial charge on any atom is 0.328 e. The van der Waals surface area contributed by atoms with Gasteiger partial charge in [-0.1, -0.05) is 160 Å². The molecular formula is C58H73BrFN3O5. The van der Waals surface area contributed by atoms with E-state index in [9.17, 15) is 23.6 Å². The maximum atomic E-state index is 12.0. The molecule has 0 radical (unpaired) electrons. The molecule has 5 aromatic rings. The topological polar surface area (TPSA) is 125 Å². The zero-order valence-electron chi connectivity index (χ0n) is 40.9. The highest BCUT2D eigenvalue weighted by atomic mass is 79.9. The molecule has 1 atom stereocenters. The van der Waals surface area contributed by atoms with Crippen molar-refractivity contribution >= 4 is 46.1 Å². The van der Waals surface area contributed by atoms with Gasteiger partial charge in [0.05, 0.1) is 6.04 Å². The fraction of sp³-hybridized carbons (Fsp3) is 0.379. The van der Waals surface area contributed by atoms with E-state index in [0.717, 1.165) is 86.0 Å². The number of halogens is 2. The lowest BCUT2D eigenvalue weighted by Crippen LogP contribution is -2.38. The minimum absolute atomic E-state index is 0.0612. The van der Waals surface area contributed by atoms with Crippen molar-refractivity contribution in [2.45, 2.75) is 118 Å². The molecule has 1 heterocycles. The Morgan fingerprint density at radius 2 is 1.22 bits per heavy atom. The number of hydrogen-bond donors (Lipinski definition) is 4. The third kappa shape index (κ3) is 19.5. The summed E-state index contributed by atoms with van der Waals surface area (Å²) in [5.41, 5.74) is 13.0. The first-order chi connectivity index (χ1) is 33.0. The van der Waals surface area contributed by atoms with Crippen molar-refractivity contribution in [3.8, 4) is 0 Å². The van der Waals surface area contributed by atoms with Crippen LogP contribution in [0.3, 0.4) is 0 Å². The van der Waals surface area contributed by atoms with Crippen molar-refractivity contribution in [2.24, 2.45) is 0 Å². The third-order valence-electron chi connectivity index (χ3n) is 11.9. The summed E-state index contributed by atoms with van der Waals surface area (Å²) in [7, 11) is 0. The molecule has 0 bridgehead atoms. The molecule has 68 heavy (non-hydrogen) atoms. The van der Waals surface area contributed by atoms with Crippen molar-refractivity contribution in [2.75, 3.05) is 26.3 Å². The number of carbonyl (C=O) groups is 4. The van der Waals surface area contributed by atoms with Crippen LogP contribution in [-0.2, 0) is 49.7 Å². The smallest absolute Gasteiger partial charge is 0.328 e. The van der Waals surface area contributed by atoms with E-state index in [1.54, 1.807) is 6.08 Å². The number of hydrogen-bond acceptors (Lipinski definition) is 5. The van der Waals surface area contributed by atoms with Gasteiger partial charge in [0.2, 0.25) is 0 Å². The lowest BCUT2D eigenvalue weighted by atomic mass is 10.0. The van der Waals surface area contributed by atoms with E-state index >= 15 is 0 Å². The van der Waals surface area contributed by atoms with E-state index in [2.05, 4.69) is 89.0 Å². The zero-order valence-corrected chi connectivity index (χ0v) is 42.4. The lowest BCUT2D eigenvalue weighted by Gasteiger charge is -2.15. The second-order valence-corrected chi connectivity index (χ2v) is 17.2. The summed E-state index contributed by atoms with van der Waals surface area (Å²) in [4.78, 5) is 43.5. The monoisotopic (exact) mass is 989 g/mol. The lowest BCUT2D eigenvalue weighted by molar-refractivity contribution is -0.131. The molecule has 3 aliphatic rings. The van der Waals surface area contributed by atoms with Gasteiger partial charge in [-0.2, -0.15) is 0 Å². The highest BCUT2D eigenvalue weighted by Gasteiger charge is 2.25. The summed E-state index contributed by atoms with van der Waals surface area (Å²) >= 11 is 3.46. The average molecular weight is 991 g/mol. The number of aldehydes is 1. The number of aryl methyl sites for hydroxylation is 5. The van der Waals surface area contributed by atoms with Crippen LogP contribution in [0.4, 0.5) is 9.18 Å². The Balaban J connectivity index is 0.000000222. The van der Waals surface area contributed by atoms with Crippen LogP contribution in [0.1, 0.15) is 144 Å². The van der Waals surface area contributed by atoms with Gasteiger partial charge < -0.3 is 21.1 Å². The number of aliphatic carboxylic acids is 1. The first-order valence-corrected chi connectivity index (χ1v) is 25.2. The van der Waals surface area contributed by atoms with Gasteiger partial charge in [-0.05, 0) is 140 Å². The van der Waals surface area contributed by atoms with Crippen LogP contribution in [0.15, 0.2) is 120 Å². The number of piperidine rings is 1. The third-order valence-corrected chi connectivity index (χ3v) is 12.7. The van der Waals surface area contributed by atoms with E-state index < -0.39 is 12.6 Å². The Morgan fingerprint density at radius 1 is 0.676 bits per heavy atom. The van der Waals surface area contributed by atoms with Crippen LogP contribution in [0.2, 0.25) is 0 Å². The minimum Gasteiger partial charge on any atom is -0.478 e. The normalized spacial score (nSPS) is 14.0. The highest BCUT2D eigenvalue weighted by Crippen LogP contribution is 2.33. The molecule has 4 N–H and O–H groups in total. The summed E-state index contributed by atoms with van der Waals surface area (Å²) in [6.45, 7) is 12.6. The molecule has 1 unspecified atom stereocenters. The average Bonchev–Trinajstić information content (AvgIpc) is 3.99. The van der Waals surface area contributed by atoms with E-state index in [1.165, 1.54) is 75.8 Å². The van der Waals surface area contributed by atoms with Crippen molar-refractivity contribution in [1.82, 2.24) is 16.0 Å². The number of Topliss-reactive ketones (excluding diaryl/α,β-unsaturated/α-hetero) is 1. The molecule has 1 saturated heterocycles. The van der Waals surface area contributed by atoms with Gasteiger partial charge >= 0.3 is 12.0 Å². The number of amides is 2. The van der Waals surface area contributed by atoms with E-state index in [4.69, 9.17) is 5.11 Å². The predicted octanol–water partition coefficient (Wildman–Crippen LogP) is 13.1. The molecular weight excluding hydrogens is 918 g/mol. The molecule has 1 aliphatic heterocycles. The molecule has 2 amide bonds. The predicted molar refractivity (Wildman–Crippen MR) is 282 cm³/mol. The zero-order chi connectivity index (χ0) is 49.5. The van der Waals surface area contributed by atoms with Crippen LogP contribution in [0, 0.1) is 0 Å². The van der Waals surface area contributed by atoms with Crippen molar-refractivity contribution in [3.63, 3.8) is 0 Å². The number of carboxylic acids is 1. The summed E-state index contributed by atoms with van der Waals surface area (Å²) in [6, 6.07) is 35.8. The van der Waals surface area contributed by atoms with Crippen LogP contribution in [0.5, 0.6) is 0 Å². The van der Waals surface area contributed by atoms with Gasteiger partial charge in [-0.15, -0.1) is 0 Å². The summed E-state index contributed by atoms with van der Waals surface area (Å²) in [5.74, 6) is -0.591. The number of fused-ring (bicyclic) bond motifs is 2. The molecule has 0 saturated carbocycles. The maximum absolute atomic E-state index is 12.0. The second kappa shape index (κ2) is 32.9. The number of ketones is 1. The van der Waals surface area contributed by atoms with E-state index in [0.29, 0.717) is 12.2 Å². The fourth-order valence-electron chi connectivity index (χ4n) is 8.21. The SMILES string of the molecule is C1CCNCC1.CCc1cccc2c1CCC2=O.CCc1cccc2c1CCC2NC(=O)NCCF.CCc1ccccc1/C=C/C(=O)O.CCc1ccccc1Br.CCc1ccccc1C=O. The Morgan fingerprint density at radius 3 is 1.74 bits per heavy atom. The highest BCUT2D eigenvalue weighted by molar-refractivity contribution is 9.10. The summed E-state index contributed by atoms with van der Waals surface area (Å²) < 4.78 is 13.2. The first-order valence-electron chi connectivity index (χ1n) is 24.4. The van der Waals surface area contributed by atoms with Crippen molar-refractivity contribution in [3.05, 3.63) is 181 Å². The number of benzene rings is 5. The number of alkyl halides is 1. The van der Waals surface area contributed by atoms with Gasteiger partial charge in [0, 0.05) is 34.6 Å². The van der Waals surface area contributed by atoms with Crippen LogP contribution in [-0.4, -0.2) is 55.5 Å². The molecule has 364 valence electrons. The molecule has 0 aromatic heterocycles. The number of rotatable bonds is 11. The van der Waals surface area contributed by atoms with E-state index in [1.807, 2.05) is 86.6 Å². The molecule has 2 aliphatic carbocycles. The largest absolute Gasteiger partial charge is 0.478 e.